The predicted octanol–water partition coefficient (Wildman–Crippen LogP) is 1.84. The van der Waals surface area contributed by atoms with E-state index in [0.29, 0.717) is 30.9 Å². The summed E-state index contributed by atoms with van der Waals surface area (Å²) in [5, 5.41) is 2.82. The van der Waals surface area contributed by atoms with E-state index >= 15 is 0 Å². The van der Waals surface area contributed by atoms with Crippen LogP contribution in [0.1, 0.15) is 12.0 Å². The van der Waals surface area contributed by atoms with Crippen LogP contribution in [0.5, 0.6) is 17.2 Å². The van der Waals surface area contributed by atoms with Crippen LogP contribution in [0.25, 0.3) is 0 Å². The lowest BCUT2D eigenvalue weighted by molar-refractivity contribution is 0.174. The second-order valence-electron chi connectivity index (χ2n) is 4.83. The Hall–Kier alpha value is -2.70. The minimum Gasteiger partial charge on any atom is -0.488 e. The molecule has 0 unspecified atom stereocenters. The summed E-state index contributed by atoms with van der Waals surface area (Å²) in [7, 11) is 1.74. The number of rotatable bonds is 6. The summed E-state index contributed by atoms with van der Waals surface area (Å²) in [5.74, 6) is 2.92. The Morgan fingerprint density at radius 1 is 1.32 bits per heavy atom. The summed E-state index contributed by atoms with van der Waals surface area (Å²) < 4.78 is 16.3. The standard InChI is InChI=1S/C15H18N4O3/c1-17-15-18-8-13(14(16)19-15)20-6-2-3-10-4-5-11-12(7-10)22-9-21-11/h4-5,7-8H,2-3,6,9H2,1H3,(H3,16,17,18,19). The normalized spacial score (nSPS) is 12.2. The van der Waals surface area contributed by atoms with Crippen molar-refractivity contribution in [1.82, 2.24) is 9.97 Å². The molecule has 0 radical (unpaired) electrons. The molecule has 1 aliphatic heterocycles. The van der Waals surface area contributed by atoms with Crippen LogP contribution < -0.4 is 25.3 Å². The molecular formula is C15H18N4O3. The fourth-order valence-corrected chi connectivity index (χ4v) is 2.17. The first-order valence-electron chi connectivity index (χ1n) is 7.08. The molecule has 1 aromatic carbocycles. The zero-order valence-electron chi connectivity index (χ0n) is 12.3. The van der Waals surface area contributed by atoms with Gasteiger partial charge in [0.05, 0.1) is 12.8 Å². The minimum atomic E-state index is 0.295. The highest BCUT2D eigenvalue weighted by atomic mass is 16.7. The van der Waals surface area contributed by atoms with Gasteiger partial charge in [0.1, 0.15) is 0 Å². The van der Waals surface area contributed by atoms with Crippen LogP contribution in [-0.4, -0.2) is 30.4 Å². The van der Waals surface area contributed by atoms with E-state index in [1.165, 1.54) is 5.56 Å². The summed E-state index contributed by atoms with van der Waals surface area (Å²) in [5.41, 5.74) is 6.99. The van der Waals surface area contributed by atoms with Crippen LogP contribution in [0.15, 0.2) is 24.4 Å². The number of nitrogens with two attached hydrogens (primary N) is 1. The molecule has 0 fully saturated rings. The summed E-state index contributed by atoms with van der Waals surface area (Å²) in [6.45, 7) is 0.838. The van der Waals surface area contributed by atoms with Gasteiger partial charge in [0.2, 0.25) is 12.7 Å². The molecule has 0 amide bonds. The first kappa shape index (κ1) is 14.2. The fraction of sp³-hybridized carbons (Fsp3) is 0.333. The van der Waals surface area contributed by atoms with E-state index in [1.54, 1.807) is 13.2 Å². The van der Waals surface area contributed by atoms with Gasteiger partial charge < -0.3 is 25.3 Å². The van der Waals surface area contributed by atoms with Crippen LogP contribution >= 0.6 is 0 Å². The van der Waals surface area contributed by atoms with Gasteiger partial charge in [-0.1, -0.05) is 6.07 Å². The molecule has 116 valence electrons. The molecule has 1 aromatic heterocycles. The van der Waals surface area contributed by atoms with Gasteiger partial charge in [-0.05, 0) is 30.5 Å². The van der Waals surface area contributed by atoms with Crippen LogP contribution in [0.4, 0.5) is 11.8 Å². The molecule has 22 heavy (non-hydrogen) atoms. The minimum absolute atomic E-state index is 0.295. The van der Waals surface area contributed by atoms with E-state index in [0.717, 1.165) is 24.3 Å². The van der Waals surface area contributed by atoms with Crippen LogP contribution in [0.3, 0.4) is 0 Å². The number of ether oxygens (including phenoxy) is 3. The largest absolute Gasteiger partial charge is 0.488 e. The topological polar surface area (TPSA) is 91.5 Å². The number of nitrogen functional groups attached to an aromatic ring is 1. The third-order valence-corrected chi connectivity index (χ3v) is 3.31. The fourth-order valence-electron chi connectivity index (χ4n) is 2.17. The van der Waals surface area contributed by atoms with Gasteiger partial charge in [-0.3, -0.25) is 0 Å². The monoisotopic (exact) mass is 302 g/mol. The number of anilines is 2. The lowest BCUT2D eigenvalue weighted by Crippen LogP contribution is -2.06. The van der Waals surface area contributed by atoms with Crippen molar-refractivity contribution < 1.29 is 14.2 Å². The Labute approximate surface area is 128 Å². The quantitative estimate of drug-likeness (QED) is 0.787. The summed E-state index contributed by atoms with van der Waals surface area (Å²) >= 11 is 0. The maximum atomic E-state index is 5.81. The average molecular weight is 302 g/mol. The van der Waals surface area contributed by atoms with Gasteiger partial charge in [-0.25, -0.2) is 4.98 Å². The molecule has 0 saturated heterocycles. The smallest absolute Gasteiger partial charge is 0.231 e. The number of nitrogens with zero attached hydrogens (tertiary/aromatic N) is 2. The third kappa shape index (κ3) is 3.13. The van der Waals surface area contributed by atoms with Crippen molar-refractivity contribution >= 4 is 11.8 Å². The Balaban J connectivity index is 1.49. The number of hydrogen-bond acceptors (Lipinski definition) is 7. The van der Waals surface area contributed by atoms with Crippen molar-refractivity contribution in [2.45, 2.75) is 12.8 Å². The zero-order valence-corrected chi connectivity index (χ0v) is 12.3. The van der Waals surface area contributed by atoms with Gasteiger partial charge >= 0.3 is 0 Å². The van der Waals surface area contributed by atoms with E-state index in [1.807, 2.05) is 18.2 Å². The molecular weight excluding hydrogens is 284 g/mol. The number of fused-ring (bicyclic) bond motifs is 1. The highest BCUT2D eigenvalue weighted by Gasteiger charge is 2.13. The van der Waals surface area contributed by atoms with Crippen LogP contribution in [0, 0.1) is 0 Å². The number of benzene rings is 1. The molecule has 0 atom stereocenters. The van der Waals surface area contributed by atoms with Crippen molar-refractivity contribution in [3.05, 3.63) is 30.0 Å². The first-order valence-corrected chi connectivity index (χ1v) is 7.08. The SMILES string of the molecule is CNc1ncc(OCCCc2ccc3c(c2)OCO3)c(N)n1. The van der Waals surface area contributed by atoms with Crippen molar-refractivity contribution in [2.24, 2.45) is 0 Å². The molecule has 2 heterocycles. The molecule has 0 aliphatic carbocycles. The second-order valence-corrected chi connectivity index (χ2v) is 4.83. The van der Waals surface area contributed by atoms with Crippen LogP contribution in [-0.2, 0) is 6.42 Å². The number of hydrogen-bond donors (Lipinski definition) is 2. The highest BCUT2D eigenvalue weighted by Crippen LogP contribution is 2.32. The van der Waals surface area contributed by atoms with Crippen molar-refractivity contribution in [2.75, 3.05) is 31.5 Å². The van der Waals surface area contributed by atoms with E-state index in [-0.39, 0.29) is 0 Å². The molecule has 0 spiro atoms. The lowest BCUT2D eigenvalue weighted by Gasteiger charge is -2.09. The van der Waals surface area contributed by atoms with E-state index in [2.05, 4.69) is 15.3 Å². The first-order chi connectivity index (χ1) is 10.8. The van der Waals surface area contributed by atoms with Gasteiger partial charge in [0.15, 0.2) is 23.1 Å². The molecule has 7 heteroatoms. The van der Waals surface area contributed by atoms with E-state index in [4.69, 9.17) is 19.9 Å². The van der Waals surface area contributed by atoms with Crippen molar-refractivity contribution in [3.63, 3.8) is 0 Å². The Kier molecular flexibility index (Phi) is 4.13. The van der Waals surface area contributed by atoms with Crippen molar-refractivity contribution in [1.29, 1.82) is 0 Å². The number of aryl methyl sites for hydroxylation is 1. The van der Waals surface area contributed by atoms with Gasteiger partial charge in [0.25, 0.3) is 0 Å². The molecule has 2 aromatic rings. The Morgan fingerprint density at radius 2 is 2.18 bits per heavy atom. The summed E-state index contributed by atoms with van der Waals surface area (Å²) in [4.78, 5) is 8.14. The maximum absolute atomic E-state index is 5.81. The second kappa shape index (κ2) is 6.38. The lowest BCUT2D eigenvalue weighted by atomic mass is 10.1. The van der Waals surface area contributed by atoms with E-state index in [9.17, 15) is 0 Å². The average Bonchev–Trinajstić information content (AvgIpc) is 3.00. The number of nitrogens with one attached hydrogen (secondary N) is 1. The third-order valence-electron chi connectivity index (χ3n) is 3.31. The summed E-state index contributed by atoms with van der Waals surface area (Å²) in [6, 6.07) is 5.97. The molecule has 3 rings (SSSR count). The van der Waals surface area contributed by atoms with Gasteiger partial charge in [-0.15, -0.1) is 0 Å². The van der Waals surface area contributed by atoms with E-state index < -0.39 is 0 Å². The molecule has 0 saturated carbocycles. The molecule has 0 bridgehead atoms. The predicted molar refractivity (Wildman–Crippen MR) is 82.4 cm³/mol. The van der Waals surface area contributed by atoms with Crippen molar-refractivity contribution in [3.8, 4) is 17.2 Å². The molecule has 3 N–H and O–H groups in total. The summed E-state index contributed by atoms with van der Waals surface area (Å²) in [6.07, 6.45) is 3.31. The van der Waals surface area contributed by atoms with Gasteiger partial charge in [-0.2, -0.15) is 4.98 Å². The molecule has 7 nitrogen and oxygen atoms in total. The number of aromatic nitrogens is 2. The zero-order chi connectivity index (χ0) is 15.4. The molecule has 1 aliphatic rings. The van der Waals surface area contributed by atoms with Crippen LogP contribution in [0.2, 0.25) is 0 Å². The Morgan fingerprint density at radius 3 is 3.00 bits per heavy atom. The van der Waals surface area contributed by atoms with Gasteiger partial charge in [0, 0.05) is 7.05 Å². The highest BCUT2D eigenvalue weighted by molar-refractivity contribution is 5.48. The maximum Gasteiger partial charge on any atom is 0.231 e. The Bertz CT molecular complexity index is 663.